The Morgan fingerprint density at radius 2 is 1.68 bits per heavy atom. The van der Waals surface area contributed by atoms with Crippen molar-refractivity contribution in [1.82, 2.24) is 19.6 Å². The number of aryl methyl sites for hydroxylation is 1. The van der Waals surface area contributed by atoms with E-state index in [0.29, 0.717) is 6.54 Å². The van der Waals surface area contributed by atoms with E-state index in [9.17, 15) is 27.2 Å². The SMILES string of the molecule is Cc1cc(=O)c(C(=O)N(CCN(C)C)Cc2ccccc2F)nn1-c1ccccc1C(F)(F)F. The van der Waals surface area contributed by atoms with E-state index in [1.54, 1.807) is 20.2 Å². The standard InChI is InChI=1S/C24H24F4N4O2/c1-16-14-21(33)22(29-32(16)20-11-7-5-9-18(20)24(26,27)28)23(34)31(13-12-30(2)3)15-17-8-4-6-10-19(17)25/h4-11,14H,12-13,15H2,1-3H3. The number of aromatic nitrogens is 2. The average Bonchev–Trinajstić information content (AvgIpc) is 2.77. The molecule has 0 radical (unpaired) electrons. The molecule has 34 heavy (non-hydrogen) atoms. The number of carbonyl (C=O) groups excluding carboxylic acids is 1. The van der Waals surface area contributed by atoms with Crippen LogP contribution in [0.4, 0.5) is 17.6 Å². The molecular formula is C24H24F4N4O2. The van der Waals surface area contributed by atoms with Gasteiger partial charge in [0.15, 0.2) is 5.69 Å². The second-order valence-electron chi connectivity index (χ2n) is 8.05. The van der Waals surface area contributed by atoms with Gasteiger partial charge >= 0.3 is 6.18 Å². The highest BCUT2D eigenvalue weighted by atomic mass is 19.4. The summed E-state index contributed by atoms with van der Waals surface area (Å²) in [7, 11) is 3.58. The molecule has 10 heteroatoms. The second-order valence-corrected chi connectivity index (χ2v) is 8.05. The van der Waals surface area contributed by atoms with E-state index >= 15 is 0 Å². The molecule has 3 rings (SSSR count). The van der Waals surface area contributed by atoms with Gasteiger partial charge in [0.05, 0.1) is 11.3 Å². The maximum atomic E-state index is 14.3. The van der Waals surface area contributed by atoms with Gasteiger partial charge in [0.1, 0.15) is 5.82 Å². The van der Waals surface area contributed by atoms with Crippen LogP contribution in [0.2, 0.25) is 0 Å². The van der Waals surface area contributed by atoms with E-state index in [-0.39, 0.29) is 30.0 Å². The predicted molar refractivity (Wildman–Crippen MR) is 119 cm³/mol. The molecule has 0 aliphatic rings. The van der Waals surface area contributed by atoms with Crippen LogP contribution in [0.25, 0.3) is 5.69 Å². The van der Waals surface area contributed by atoms with Crippen molar-refractivity contribution < 1.29 is 22.4 Å². The average molecular weight is 476 g/mol. The first-order valence-corrected chi connectivity index (χ1v) is 10.4. The molecule has 0 spiro atoms. The van der Waals surface area contributed by atoms with Crippen LogP contribution in [0.1, 0.15) is 27.3 Å². The molecule has 0 bridgehead atoms. The number of halogens is 4. The maximum Gasteiger partial charge on any atom is 0.418 e. The molecule has 1 aromatic heterocycles. The molecule has 6 nitrogen and oxygen atoms in total. The molecule has 1 heterocycles. The van der Waals surface area contributed by atoms with E-state index < -0.39 is 34.6 Å². The highest BCUT2D eigenvalue weighted by Gasteiger charge is 2.34. The Labute approximate surface area is 194 Å². The zero-order valence-electron chi connectivity index (χ0n) is 18.9. The molecule has 0 saturated carbocycles. The maximum absolute atomic E-state index is 14.3. The second kappa shape index (κ2) is 10.2. The Hall–Kier alpha value is -3.53. The fourth-order valence-electron chi connectivity index (χ4n) is 3.39. The van der Waals surface area contributed by atoms with Gasteiger partial charge in [0, 0.05) is 37.0 Å². The van der Waals surface area contributed by atoms with Gasteiger partial charge in [-0.25, -0.2) is 9.07 Å². The van der Waals surface area contributed by atoms with Crippen LogP contribution in [0.5, 0.6) is 0 Å². The lowest BCUT2D eigenvalue weighted by molar-refractivity contribution is -0.137. The van der Waals surface area contributed by atoms with E-state index in [4.69, 9.17) is 0 Å². The Morgan fingerprint density at radius 3 is 2.32 bits per heavy atom. The van der Waals surface area contributed by atoms with Crippen LogP contribution < -0.4 is 5.43 Å². The molecular weight excluding hydrogens is 452 g/mol. The molecule has 0 unspecified atom stereocenters. The van der Waals surface area contributed by atoms with E-state index in [0.717, 1.165) is 16.8 Å². The van der Waals surface area contributed by atoms with Crippen molar-refractivity contribution in [2.45, 2.75) is 19.6 Å². The van der Waals surface area contributed by atoms with Crippen molar-refractivity contribution >= 4 is 5.91 Å². The smallest absolute Gasteiger partial charge is 0.331 e. The van der Waals surface area contributed by atoms with Gasteiger partial charge in [-0.3, -0.25) is 9.59 Å². The fraction of sp³-hybridized carbons (Fsp3) is 0.292. The highest BCUT2D eigenvalue weighted by Crippen LogP contribution is 2.33. The number of nitrogens with zero attached hydrogens (tertiary/aromatic N) is 4. The summed E-state index contributed by atoms with van der Waals surface area (Å²) in [6.07, 6.45) is -4.67. The van der Waals surface area contributed by atoms with E-state index in [1.807, 2.05) is 4.90 Å². The summed E-state index contributed by atoms with van der Waals surface area (Å²) in [4.78, 5) is 29.1. The van der Waals surface area contributed by atoms with Crippen LogP contribution in [-0.2, 0) is 12.7 Å². The number of rotatable bonds is 7. The van der Waals surface area contributed by atoms with Crippen molar-refractivity contribution in [2.75, 3.05) is 27.2 Å². The summed E-state index contributed by atoms with van der Waals surface area (Å²) in [6.45, 7) is 1.86. The third-order valence-electron chi connectivity index (χ3n) is 5.17. The minimum Gasteiger partial charge on any atom is -0.331 e. The lowest BCUT2D eigenvalue weighted by Crippen LogP contribution is -2.39. The van der Waals surface area contributed by atoms with E-state index in [1.165, 1.54) is 48.2 Å². The van der Waals surface area contributed by atoms with Gasteiger partial charge in [-0.2, -0.15) is 18.3 Å². The number of benzene rings is 2. The molecule has 0 aliphatic carbocycles. The van der Waals surface area contributed by atoms with Crippen molar-refractivity contribution in [3.05, 3.63) is 93.2 Å². The Kier molecular flexibility index (Phi) is 7.51. The summed E-state index contributed by atoms with van der Waals surface area (Å²) >= 11 is 0. The molecule has 0 N–H and O–H groups in total. The first kappa shape index (κ1) is 25.1. The lowest BCUT2D eigenvalue weighted by Gasteiger charge is -2.25. The Morgan fingerprint density at radius 1 is 1.03 bits per heavy atom. The van der Waals surface area contributed by atoms with Gasteiger partial charge in [-0.05, 0) is 39.2 Å². The largest absolute Gasteiger partial charge is 0.418 e. The number of alkyl halides is 3. The molecule has 0 atom stereocenters. The first-order valence-electron chi connectivity index (χ1n) is 10.4. The monoisotopic (exact) mass is 476 g/mol. The van der Waals surface area contributed by atoms with Gasteiger partial charge in [0.2, 0.25) is 5.43 Å². The molecule has 3 aromatic rings. The minimum atomic E-state index is -4.67. The van der Waals surface area contributed by atoms with Crippen LogP contribution in [-0.4, -0.2) is 52.7 Å². The first-order chi connectivity index (χ1) is 16.0. The quantitative estimate of drug-likeness (QED) is 0.486. The number of amides is 1. The number of para-hydroxylation sites is 1. The fourth-order valence-corrected chi connectivity index (χ4v) is 3.39. The van der Waals surface area contributed by atoms with Crippen LogP contribution >= 0.6 is 0 Å². The molecule has 180 valence electrons. The molecule has 0 aliphatic heterocycles. The summed E-state index contributed by atoms with van der Waals surface area (Å²) in [5.41, 5.74) is -2.17. The minimum absolute atomic E-state index is 0.131. The van der Waals surface area contributed by atoms with E-state index in [2.05, 4.69) is 5.10 Å². The van der Waals surface area contributed by atoms with Crippen molar-refractivity contribution in [1.29, 1.82) is 0 Å². The van der Waals surface area contributed by atoms with Crippen LogP contribution in [0.15, 0.2) is 59.4 Å². The Balaban J connectivity index is 2.08. The third-order valence-corrected chi connectivity index (χ3v) is 5.17. The van der Waals surface area contributed by atoms with Gasteiger partial charge in [-0.1, -0.05) is 30.3 Å². The van der Waals surface area contributed by atoms with Crippen LogP contribution in [0, 0.1) is 12.7 Å². The third kappa shape index (κ3) is 5.69. The summed E-state index contributed by atoms with van der Waals surface area (Å²) in [6, 6.07) is 11.8. The number of carbonyl (C=O) groups is 1. The molecule has 0 fully saturated rings. The van der Waals surface area contributed by atoms with Crippen molar-refractivity contribution in [3.63, 3.8) is 0 Å². The summed E-state index contributed by atoms with van der Waals surface area (Å²) < 4.78 is 55.9. The van der Waals surface area contributed by atoms with Gasteiger partial charge < -0.3 is 9.80 Å². The van der Waals surface area contributed by atoms with Crippen molar-refractivity contribution in [3.8, 4) is 5.69 Å². The van der Waals surface area contributed by atoms with Crippen LogP contribution in [0.3, 0.4) is 0 Å². The summed E-state index contributed by atoms with van der Waals surface area (Å²) in [5.74, 6) is -1.31. The predicted octanol–water partition coefficient (Wildman–Crippen LogP) is 3.90. The van der Waals surface area contributed by atoms with Gasteiger partial charge in [0.25, 0.3) is 5.91 Å². The zero-order valence-corrected chi connectivity index (χ0v) is 18.9. The number of hydrogen-bond acceptors (Lipinski definition) is 4. The molecule has 2 aromatic carbocycles. The Bertz CT molecular complexity index is 1240. The topological polar surface area (TPSA) is 58.4 Å². The zero-order chi connectivity index (χ0) is 25.0. The number of likely N-dealkylation sites (N-methyl/N-ethyl adjacent to an activating group) is 1. The normalized spacial score (nSPS) is 11.6. The lowest BCUT2D eigenvalue weighted by atomic mass is 10.1. The summed E-state index contributed by atoms with van der Waals surface area (Å²) in [5, 5.41) is 4.03. The molecule has 0 saturated heterocycles. The van der Waals surface area contributed by atoms with Crippen molar-refractivity contribution in [2.24, 2.45) is 0 Å². The number of hydrogen-bond donors (Lipinski definition) is 0. The van der Waals surface area contributed by atoms with Gasteiger partial charge in [-0.15, -0.1) is 0 Å². The molecule has 1 amide bonds. The highest BCUT2D eigenvalue weighted by molar-refractivity contribution is 5.92.